The number of hydrogen-bond acceptors (Lipinski definition) is 3. The molecule has 29 heavy (non-hydrogen) atoms. The minimum atomic E-state index is -0.908. The summed E-state index contributed by atoms with van der Waals surface area (Å²) in [4.78, 5) is 12.8. The van der Waals surface area contributed by atoms with Crippen molar-refractivity contribution < 1.29 is 14.6 Å². The molecule has 3 aromatic rings. The summed E-state index contributed by atoms with van der Waals surface area (Å²) < 4.78 is 5.69. The van der Waals surface area contributed by atoms with Crippen molar-refractivity contribution in [3.63, 3.8) is 0 Å². The predicted octanol–water partition coefficient (Wildman–Crippen LogP) is 5.85. The summed E-state index contributed by atoms with van der Waals surface area (Å²) in [6, 6.07) is 21.4. The number of carbonyl (C=O) groups is 1. The number of aliphatic hydroxyl groups excluding tert-OH is 1. The standard InChI is InChI=1S/C24H24ClNO3/c1-2-3-14-29-20-11-7-10-18(15-20)24(28)26-22-13-12-19(25)16-21(22)23(27)17-8-5-4-6-9-17/h4-13,15-16,23,27H,2-3,14H2,1H3,(H,26,28)/t23-/m1/s1. The highest BCUT2D eigenvalue weighted by atomic mass is 35.5. The van der Waals surface area contributed by atoms with Crippen molar-refractivity contribution in [2.24, 2.45) is 0 Å². The molecule has 2 N–H and O–H groups in total. The quantitative estimate of drug-likeness (QED) is 0.458. The molecule has 3 rings (SSSR count). The van der Waals surface area contributed by atoms with E-state index in [0.717, 1.165) is 18.4 Å². The van der Waals surface area contributed by atoms with Gasteiger partial charge in [-0.2, -0.15) is 0 Å². The molecule has 0 radical (unpaired) electrons. The maximum Gasteiger partial charge on any atom is 0.255 e. The lowest BCUT2D eigenvalue weighted by atomic mass is 9.99. The molecule has 1 atom stereocenters. The first-order valence-corrected chi connectivity index (χ1v) is 10.0. The molecular weight excluding hydrogens is 386 g/mol. The van der Waals surface area contributed by atoms with Crippen LogP contribution >= 0.6 is 11.6 Å². The maximum atomic E-state index is 12.8. The van der Waals surface area contributed by atoms with E-state index in [1.165, 1.54) is 0 Å². The molecule has 0 fully saturated rings. The average molecular weight is 410 g/mol. The Kier molecular flexibility index (Phi) is 7.28. The van der Waals surface area contributed by atoms with Gasteiger partial charge in [-0.15, -0.1) is 0 Å². The van der Waals surface area contributed by atoms with Gasteiger partial charge in [0.15, 0.2) is 0 Å². The molecule has 0 saturated carbocycles. The van der Waals surface area contributed by atoms with Crippen molar-refractivity contribution >= 4 is 23.2 Å². The Balaban J connectivity index is 1.81. The van der Waals surface area contributed by atoms with E-state index in [1.54, 1.807) is 36.4 Å². The summed E-state index contributed by atoms with van der Waals surface area (Å²) in [6.45, 7) is 2.72. The van der Waals surface area contributed by atoms with Crippen molar-refractivity contribution in [1.29, 1.82) is 0 Å². The van der Waals surface area contributed by atoms with Gasteiger partial charge in [0.05, 0.1) is 6.61 Å². The number of rotatable bonds is 8. The zero-order valence-corrected chi connectivity index (χ0v) is 17.0. The Morgan fingerprint density at radius 1 is 1.07 bits per heavy atom. The highest BCUT2D eigenvalue weighted by Gasteiger charge is 2.17. The van der Waals surface area contributed by atoms with Crippen LogP contribution in [0.4, 0.5) is 5.69 Å². The number of nitrogens with one attached hydrogen (secondary N) is 1. The third-order valence-corrected chi connectivity index (χ3v) is 4.77. The van der Waals surface area contributed by atoms with E-state index in [0.29, 0.717) is 34.2 Å². The molecule has 5 heteroatoms. The van der Waals surface area contributed by atoms with Crippen LogP contribution < -0.4 is 10.1 Å². The molecule has 150 valence electrons. The van der Waals surface area contributed by atoms with Crippen LogP contribution in [0.15, 0.2) is 72.8 Å². The van der Waals surface area contributed by atoms with Crippen LogP contribution in [0.3, 0.4) is 0 Å². The topological polar surface area (TPSA) is 58.6 Å². The number of amides is 1. The summed E-state index contributed by atoms with van der Waals surface area (Å²) in [5.74, 6) is 0.376. The summed E-state index contributed by atoms with van der Waals surface area (Å²) >= 11 is 6.14. The van der Waals surface area contributed by atoms with Crippen LogP contribution in [0.1, 0.15) is 47.4 Å². The van der Waals surface area contributed by atoms with Crippen LogP contribution in [-0.4, -0.2) is 17.6 Å². The second-order valence-corrected chi connectivity index (χ2v) is 7.17. The Hall–Kier alpha value is -2.82. The molecule has 0 aromatic heterocycles. The van der Waals surface area contributed by atoms with E-state index < -0.39 is 6.10 Å². The Morgan fingerprint density at radius 2 is 1.86 bits per heavy atom. The zero-order chi connectivity index (χ0) is 20.6. The van der Waals surface area contributed by atoms with Gasteiger partial charge in [0, 0.05) is 21.8 Å². The molecule has 0 saturated heterocycles. The molecule has 0 bridgehead atoms. The van der Waals surface area contributed by atoms with Crippen molar-refractivity contribution in [2.45, 2.75) is 25.9 Å². The monoisotopic (exact) mass is 409 g/mol. The molecule has 0 aliphatic carbocycles. The Morgan fingerprint density at radius 3 is 2.62 bits per heavy atom. The lowest BCUT2D eigenvalue weighted by Gasteiger charge is -2.17. The second kappa shape index (κ2) is 10.1. The van der Waals surface area contributed by atoms with E-state index in [4.69, 9.17) is 16.3 Å². The highest BCUT2D eigenvalue weighted by molar-refractivity contribution is 6.30. The zero-order valence-electron chi connectivity index (χ0n) is 16.3. The van der Waals surface area contributed by atoms with Gasteiger partial charge in [-0.3, -0.25) is 4.79 Å². The number of halogens is 1. The minimum Gasteiger partial charge on any atom is -0.494 e. The number of aliphatic hydroxyl groups is 1. The van der Waals surface area contributed by atoms with Gasteiger partial charge in [0.1, 0.15) is 11.9 Å². The SMILES string of the molecule is CCCCOc1cccc(C(=O)Nc2ccc(Cl)cc2[C@H](O)c2ccccc2)c1. The fourth-order valence-corrected chi connectivity index (χ4v) is 3.13. The third kappa shape index (κ3) is 5.59. The maximum absolute atomic E-state index is 12.8. The first-order valence-electron chi connectivity index (χ1n) is 9.65. The average Bonchev–Trinajstić information content (AvgIpc) is 2.75. The smallest absolute Gasteiger partial charge is 0.255 e. The van der Waals surface area contributed by atoms with Gasteiger partial charge in [-0.1, -0.05) is 61.3 Å². The van der Waals surface area contributed by atoms with Gasteiger partial charge in [-0.05, 0) is 48.4 Å². The summed E-state index contributed by atoms with van der Waals surface area (Å²) in [5, 5.41) is 14.2. The van der Waals surface area contributed by atoms with Gasteiger partial charge in [0.2, 0.25) is 0 Å². The van der Waals surface area contributed by atoms with Crippen molar-refractivity contribution in [1.82, 2.24) is 0 Å². The number of benzene rings is 3. The lowest BCUT2D eigenvalue weighted by molar-refractivity contribution is 0.102. The first-order chi connectivity index (χ1) is 14.1. The van der Waals surface area contributed by atoms with E-state index in [-0.39, 0.29) is 5.91 Å². The van der Waals surface area contributed by atoms with Crippen LogP contribution in [0.2, 0.25) is 5.02 Å². The minimum absolute atomic E-state index is 0.283. The number of carbonyl (C=O) groups excluding carboxylic acids is 1. The highest BCUT2D eigenvalue weighted by Crippen LogP contribution is 2.31. The number of hydrogen-bond donors (Lipinski definition) is 2. The number of ether oxygens (including phenoxy) is 1. The summed E-state index contributed by atoms with van der Waals surface area (Å²) in [5.41, 5.74) is 2.24. The van der Waals surface area contributed by atoms with E-state index in [9.17, 15) is 9.90 Å². The van der Waals surface area contributed by atoms with Crippen molar-refractivity contribution in [3.05, 3.63) is 94.5 Å². The van der Waals surface area contributed by atoms with Crippen LogP contribution in [-0.2, 0) is 0 Å². The van der Waals surface area contributed by atoms with E-state index in [1.807, 2.05) is 36.4 Å². The summed E-state index contributed by atoms with van der Waals surface area (Å²) in [6.07, 6.45) is 1.10. The molecule has 3 aromatic carbocycles. The normalized spacial score (nSPS) is 11.7. The molecule has 0 aliphatic heterocycles. The lowest BCUT2D eigenvalue weighted by Crippen LogP contribution is -2.15. The van der Waals surface area contributed by atoms with Crippen LogP contribution in [0.25, 0.3) is 0 Å². The number of anilines is 1. The van der Waals surface area contributed by atoms with Gasteiger partial charge in [0.25, 0.3) is 5.91 Å². The second-order valence-electron chi connectivity index (χ2n) is 6.73. The molecule has 0 heterocycles. The summed E-state index contributed by atoms with van der Waals surface area (Å²) in [7, 11) is 0. The van der Waals surface area contributed by atoms with Gasteiger partial charge in [-0.25, -0.2) is 0 Å². The first kappa shape index (κ1) is 20.9. The Labute approximate surface area is 176 Å². The van der Waals surface area contributed by atoms with Crippen molar-refractivity contribution in [2.75, 3.05) is 11.9 Å². The molecule has 1 amide bonds. The fourth-order valence-electron chi connectivity index (χ4n) is 2.94. The molecule has 0 spiro atoms. The van der Waals surface area contributed by atoms with E-state index in [2.05, 4.69) is 12.2 Å². The molecule has 0 aliphatic rings. The van der Waals surface area contributed by atoms with Crippen molar-refractivity contribution in [3.8, 4) is 5.75 Å². The largest absolute Gasteiger partial charge is 0.494 e. The van der Waals surface area contributed by atoms with Gasteiger partial charge >= 0.3 is 0 Å². The third-order valence-electron chi connectivity index (χ3n) is 4.53. The molecular formula is C24H24ClNO3. The van der Waals surface area contributed by atoms with Crippen LogP contribution in [0.5, 0.6) is 5.75 Å². The molecule has 0 unspecified atom stereocenters. The molecule has 4 nitrogen and oxygen atoms in total. The fraction of sp³-hybridized carbons (Fsp3) is 0.208. The number of unbranched alkanes of at least 4 members (excludes halogenated alkanes) is 1. The van der Waals surface area contributed by atoms with E-state index >= 15 is 0 Å². The Bertz CT molecular complexity index is 959. The predicted molar refractivity (Wildman–Crippen MR) is 117 cm³/mol. The van der Waals surface area contributed by atoms with Crippen LogP contribution in [0, 0.1) is 0 Å². The van der Waals surface area contributed by atoms with Gasteiger partial charge < -0.3 is 15.2 Å².